The maximum Gasteiger partial charge on any atom is 0.265 e. The first kappa shape index (κ1) is 17.8. The van der Waals surface area contributed by atoms with Gasteiger partial charge in [0, 0.05) is 12.1 Å². The van der Waals surface area contributed by atoms with E-state index in [0.717, 1.165) is 6.54 Å². The summed E-state index contributed by atoms with van der Waals surface area (Å²) in [5.74, 6) is 1.40. The fourth-order valence-corrected chi connectivity index (χ4v) is 3.41. The summed E-state index contributed by atoms with van der Waals surface area (Å²) in [5, 5.41) is 10.7. The van der Waals surface area contributed by atoms with Gasteiger partial charge in [0.05, 0.1) is 22.8 Å². The standard InChI is InChI=1S/C19H21N3O4S/c23-18(11-20-10-12-3-4-12)21-13-8-15-16(26-6-5-25-15)9-14(13)22-19(24)17-2-1-7-27-17/h1-2,7-9,12,20H,3-6,10-11H2,(H,21,23)(H,22,24). The van der Waals surface area contributed by atoms with Gasteiger partial charge in [0.15, 0.2) is 11.5 Å². The summed E-state index contributed by atoms with van der Waals surface area (Å²) < 4.78 is 11.2. The van der Waals surface area contributed by atoms with Crippen LogP contribution in [0.5, 0.6) is 11.5 Å². The lowest BCUT2D eigenvalue weighted by Crippen LogP contribution is -2.30. The lowest BCUT2D eigenvalue weighted by atomic mass is 10.2. The largest absolute Gasteiger partial charge is 0.486 e. The summed E-state index contributed by atoms with van der Waals surface area (Å²) in [4.78, 5) is 25.3. The van der Waals surface area contributed by atoms with E-state index in [1.54, 1.807) is 18.2 Å². The normalized spacial score (nSPS) is 15.3. The molecule has 1 saturated carbocycles. The van der Waals surface area contributed by atoms with Crippen molar-refractivity contribution < 1.29 is 19.1 Å². The lowest BCUT2D eigenvalue weighted by molar-refractivity contribution is -0.115. The third-order valence-electron chi connectivity index (χ3n) is 4.37. The summed E-state index contributed by atoms with van der Waals surface area (Å²) >= 11 is 1.35. The molecule has 142 valence electrons. The van der Waals surface area contributed by atoms with Gasteiger partial charge in [-0.3, -0.25) is 9.59 Å². The fourth-order valence-electron chi connectivity index (χ4n) is 2.79. The smallest absolute Gasteiger partial charge is 0.265 e. The molecule has 2 aromatic rings. The Morgan fingerprint density at radius 2 is 1.78 bits per heavy atom. The summed E-state index contributed by atoms with van der Waals surface area (Å²) in [7, 11) is 0. The van der Waals surface area contributed by atoms with Crippen LogP contribution in [0.4, 0.5) is 11.4 Å². The predicted octanol–water partition coefficient (Wildman–Crippen LogP) is 2.71. The van der Waals surface area contributed by atoms with E-state index >= 15 is 0 Å². The Morgan fingerprint density at radius 1 is 1.07 bits per heavy atom. The van der Waals surface area contributed by atoms with Gasteiger partial charge < -0.3 is 25.4 Å². The van der Waals surface area contributed by atoms with Crippen LogP contribution in [0.2, 0.25) is 0 Å². The van der Waals surface area contributed by atoms with Crippen LogP contribution in [0.3, 0.4) is 0 Å². The molecule has 3 N–H and O–H groups in total. The molecule has 1 fully saturated rings. The van der Waals surface area contributed by atoms with Crippen molar-refractivity contribution in [3.05, 3.63) is 34.5 Å². The van der Waals surface area contributed by atoms with Crippen LogP contribution in [0, 0.1) is 5.92 Å². The molecular formula is C19H21N3O4S. The quantitative estimate of drug-likeness (QED) is 0.680. The number of rotatable bonds is 7. The Bertz CT molecular complexity index is 834. The molecule has 0 radical (unpaired) electrons. The highest BCUT2D eigenvalue weighted by molar-refractivity contribution is 7.12. The first-order valence-corrected chi connectivity index (χ1v) is 9.86. The maximum absolute atomic E-state index is 12.4. The number of ether oxygens (including phenoxy) is 2. The van der Waals surface area contributed by atoms with E-state index in [0.29, 0.717) is 46.9 Å². The molecule has 1 aliphatic carbocycles. The number of nitrogens with one attached hydrogen (secondary N) is 3. The van der Waals surface area contributed by atoms with Crippen LogP contribution in [0.25, 0.3) is 0 Å². The minimum absolute atomic E-state index is 0.168. The van der Waals surface area contributed by atoms with E-state index in [2.05, 4.69) is 16.0 Å². The van der Waals surface area contributed by atoms with Crippen LogP contribution < -0.4 is 25.4 Å². The van der Waals surface area contributed by atoms with E-state index in [-0.39, 0.29) is 18.4 Å². The molecule has 0 spiro atoms. The predicted molar refractivity (Wildman–Crippen MR) is 104 cm³/mol. The number of fused-ring (bicyclic) bond motifs is 1. The zero-order valence-corrected chi connectivity index (χ0v) is 15.6. The molecule has 0 saturated heterocycles. The molecule has 4 rings (SSSR count). The summed E-state index contributed by atoms with van der Waals surface area (Å²) in [5.41, 5.74) is 0.968. The number of hydrogen-bond acceptors (Lipinski definition) is 6. The van der Waals surface area contributed by atoms with Gasteiger partial charge >= 0.3 is 0 Å². The molecule has 0 bridgehead atoms. The highest BCUT2D eigenvalue weighted by atomic mass is 32.1. The molecule has 2 amide bonds. The number of amides is 2. The van der Waals surface area contributed by atoms with E-state index < -0.39 is 0 Å². The minimum Gasteiger partial charge on any atom is -0.486 e. The Kier molecular flexibility index (Phi) is 5.26. The number of thiophene rings is 1. The van der Waals surface area contributed by atoms with Crippen LogP contribution in [0.1, 0.15) is 22.5 Å². The Hall–Kier alpha value is -2.58. The third-order valence-corrected chi connectivity index (χ3v) is 5.23. The second kappa shape index (κ2) is 7.98. The maximum atomic E-state index is 12.4. The first-order chi connectivity index (χ1) is 13.2. The summed E-state index contributed by atoms with van der Waals surface area (Å²) in [6.45, 7) is 1.98. The Balaban J connectivity index is 1.50. The number of carbonyl (C=O) groups excluding carboxylic acids is 2. The average Bonchev–Trinajstić information content (AvgIpc) is 3.31. The molecule has 2 heterocycles. The van der Waals surface area contributed by atoms with Gasteiger partial charge in [-0.25, -0.2) is 0 Å². The van der Waals surface area contributed by atoms with E-state index in [4.69, 9.17) is 9.47 Å². The second-order valence-electron chi connectivity index (χ2n) is 6.60. The van der Waals surface area contributed by atoms with Crippen LogP contribution >= 0.6 is 11.3 Å². The monoisotopic (exact) mass is 387 g/mol. The number of anilines is 2. The molecule has 7 nitrogen and oxygen atoms in total. The highest BCUT2D eigenvalue weighted by Crippen LogP contribution is 2.38. The summed E-state index contributed by atoms with van der Waals surface area (Å²) in [6.07, 6.45) is 2.46. The topological polar surface area (TPSA) is 88.7 Å². The minimum atomic E-state index is -0.232. The third kappa shape index (κ3) is 4.58. The zero-order valence-electron chi connectivity index (χ0n) is 14.7. The Labute approximate surface area is 161 Å². The molecule has 27 heavy (non-hydrogen) atoms. The van der Waals surface area contributed by atoms with Gasteiger partial charge in [-0.1, -0.05) is 6.07 Å². The van der Waals surface area contributed by atoms with Crippen LogP contribution in [0.15, 0.2) is 29.6 Å². The first-order valence-electron chi connectivity index (χ1n) is 8.98. The van der Waals surface area contributed by atoms with Gasteiger partial charge in [-0.05, 0) is 36.8 Å². The Morgan fingerprint density at radius 3 is 2.41 bits per heavy atom. The molecule has 0 unspecified atom stereocenters. The van der Waals surface area contributed by atoms with E-state index in [1.807, 2.05) is 11.4 Å². The van der Waals surface area contributed by atoms with Crippen molar-refractivity contribution in [3.63, 3.8) is 0 Å². The van der Waals surface area contributed by atoms with Gasteiger partial charge in [0.2, 0.25) is 5.91 Å². The van der Waals surface area contributed by atoms with E-state index in [1.165, 1.54) is 24.2 Å². The van der Waals surface area contributed by atoms with Crippen molar-refractivity contribution in [2.75, 3.05) is 36.9 Å². The van der Waals surface area contributed by atoms with Gasteiger partial charge in [-0.2, -0.15) is 0 Å². The molecule has 0 atom stereocenters. The second-order valence-corrected chi connectivity index (χ2v) is 7.54. The lowest BCUT2D eigenvalue weighted by Gasteiger charge is -2.21. The van der Waals surface area contributed by atoms with Crippen molar-refractivity contribution in [1.29, 1.82) is 0 Å². The SMILES string of the molecule is O=C(CNCC1CC1)Nc1cc2c(cc1NC(=O)c1cccs1)OCCO2. The van der Waals surface area contributed by atoms with Crippen LogP contribution in [-0.2, 0) is 4.79 Å². The van der Waals surface area contributed by atoms with Crippen LogP contribution in [-0.4, -0.2) is 38.1 Å². The molecular weight excluding hydrogens is 366 g/mol. The van der Waals surface area contributed by atoms with Crippen molar-refractivity contribution in [2.24, 2.45) is 5.92 Å². The molecule has 2 aliphatic rings. The average molecular weight is 387 g/mol. The molecule has 1 aromatic carbocycles. The molecule has 1 aromatic heterocycles. The highest BCUT2D eigenvalue weighted by Gasteiger charge is 2.22. The van der Waals surface area contributed by atoms with Gasteiger partial charge in [0.25, 0.3) is 5.91 Å². The van der Waals surface area contributed by atoms with Crippen molar-refractivity contribution in [2.45, 2.75) is 12.8 Å². The van der Waals surface area contributed by atoms with Crippen molar-refractivity contribution in [3.8, 4) is 11.5 Å². The van der Waals surface area contributed by atoms with E-state index in [9.17, 15) is 9.59 Å². The van der Waals surface area contributed by atoms with Crippen molar-refractivity contribution >= 4 is 34.5 Å². The van der Waals surface area contributed by atoms with Crippen molar-refractivity contribution in [1.82, 2.24) is 5.32 Å². The number of hydrogen-bond donors (Lipinski definition) is 3. The summed E-state index contributed by atoms with van der Waals surface area (Å²) in [6, 6.07) is 6.94. The van der Waals surface area contributed by atoms with Gasteiger partial charge in [0.1, 0.15) is 13.2 Å². The fraction of sp³-hybridized carbons (Fsp3) is 0.368. The molecule has 8 heteroatoms. The number of carbonyl (C=O) groups is 2. The molecule has 1 aliphatic heterocycles. The number of benzene rings is 1. The van der Waals surface area contributed by atoms with Gasteiger partial charge in [-0.15, -0.1) is 11.3 Å². The zero-order chi connectivity index (χ0) is 18.6.